The van der Waals surface area contributed by atoms with Gasteiger partial charge in [-0.3, -0.25) is 0 Å². The van der Waals surface area contributed by atoms with Crippen molar-refractivity contribution in [1.82, 2.24) is 0 Å². The highest BCUT2D eigenvalue weighted by atomic mass is 127. The van der Waals surface area contributed by atoms with E-state index in [2.05, 4.69) is 50.3 Å². The first-order valence-electron chi connectivity index (χ1n) is 4.12. The van der Waals surface area contributed by atoms with Crippen LogP contribution in [-0.2, 0) is 4.43 Å². The van der Waals surface area contributed by atoms with Crippen LogP contribution in [0.25, 0.3) is 0 Å². The highest BCUT2D eigenvalue weighted by Gasteiger charge is 2.39. The van der Waals surface area contributed by atoms with Crippen molar-refractivity contribution in [3.8, 4) is 0 Å². The SMILES string of the molecule is CO[Si](CI)(C(C)C)C(C)C. The van der Waals surface area contributed by atoms with E-state index in [4.69, 9.17) is 4.43 Å². The Bertz CT molecular complexity index is 101. The average Bonchev–Trinajstić information content (AvgIpc) is 1.90. The zero-order valence-corrected chi connectivity index (χ0v) is 11.3. The van der Waals surface area contributed by atoms with Gasteiger partial charge in [-0.25, -0.2) is 0 Å². The molecule has 3 heteroatoms. The number of rotatable bonds is 4. The van der Waals surface area contributed by atoms with E-state index in [0.29, 0.717) is 0 Å². The van der Waals surface area contributed by atoms with Crippen LogP contribution in [0.1, 0.15) is 27.7 Å². The second-order valence-electron chi connectivity index (χ2n) is 3.60. The molecule has 0 N–H and O–H groups in total. The Kier molecular flexibility index (Phi) is 5.21. The minimum atomic E-state index is -1.41. The Hall–Kier alpha value is 0.907. The molecule has 68 valence electrons. The Morgan fingerprint density at radius 2 is 1.55 bits per heavy atom. The number of halogens is 1. The summed E-state index contributed by atoms with van der Waals surface area (Å²) in [6.07, 6.45) is 0. The van der Waals surface area contributed by atoms with E-state index in [1.807, 2.05) is 7.11 Å². The summed E-state index contributed by atoms with van der Waals surface area (Å²) < 4.78 is 6.95. The number of hydrogen-bond donors (Lipinski definition) is 0. The van der Waals surface area contributed by atoms with Crippen LogP contribution in [0, 0.1) is 0 Å². The average molecular weight is 286 g/mol. The summed E-state index contributed by atoms with van der Waals surface area (Å²) in [5.41, 5.74) is 1.45. The molecule has 0 aromatic carbocycles. The third-order valence-electron chi connectivity index (χ3n) is 2.54. The van der Waals surface area contributed by atoms with E-state index in [-0.39, 0.29) is 0 Å². The summed E-state index contributed by atoms with van der Waals surface area (Å²) in [6, 6.07) is 0. The molecule has 0 aliphatic rings. The summed E-state index contributed by atoms with van der Waals surface area (Å²) >= 11 is 2.47. The van der Waals surface area contributed by atoms with Gasteiger partial charge < -0.3 is 4.43 Å². The molecular formula is C8H19IOSi. The Morgan fingerprint density at radius 3 is 1.55 bits per heavy atom. The fourth-order valence-electron chi connectivity index (χ4n) is 1.50. The molecule has 0 aliphatic heterocycles. The molecule has 0 aromatic rings. The maximum absolute atomic E-state index is 5.74. The van der Waals surface area contributed by atoms with Crippen molar-refractivity contribution in [3.63, 3.8) is 0 Å². The molecule has 0 unspecified atom stereocenters. The van der Waals surface area contributed by atoms with Crippen LogP contribution in [0.4, 0.5) is 0 Å². The van der Waals surface area contributed by atoms with Gasteiger partial charge in [0.1, 0.15) is 0 Å². The van der Waals surface area contributed by atoms with Gasteiger partial charge in [-0.2, -0.15) is 0 Å². The molecule has 0 heterocycles. The molecule has 0 rings (SSSR count). The van der Waals surface area contributed by atoms with Gasteiger partial charge in [0.15, 0.2) is 0 Å². The van der Waals surface area contributed by atoms with Crippen molar-refractivity contribution in [1.29, 1.82) is 0 Å². The molecule has 0 fully saturated rings. The largest absolute Gasteiger partial charge is 0.419 e. The van der Waals surface area contributed by atoms with E-state index in [1.165, 1.54) is 4.05 Å². The molecule has 0 bridgehead atoms. The molecule has 11 heavy (non-hydrogen) atoms. The standard InChI is InChI=1S/C8H19IOSi/c1-7(2)11(6-9,10-5)8(3)4/h7-8H,6H2,1-5H3. The summed E-state index contributed by atoms with van der Waals surface area (Å²) in [5.74, 6) is 0. The Morgan fingerprint density at radius 1 is 1.18 bits per heavy atom. The third kappa shape index (κ3) is 2.42. The van der Waals surface area contributed by atoms with Crippen molar-refractivity contribution in [2.24, 2.45) is 0 Å². The maximum atomic E-state index is 5.74. The smallest absolute Gasteiger partial charge is 0.206 e. The monoisotopic (exact) mass is 286 g/mol. The highest BCUT2D eigenvalue weighted by molar-refractivity contribution is 14.1. The molecule has 0 saturated heterocycles. The number of hydrogen-bond acceptors (Lipinski definition) is 1. The van der Waals surface area contributed by atoms with Gasteiger partial charge >= 0.3 is 0 Å². The molecule has 0 aromatic heterocycles. The molecule has 0 spiro atoms. The molecule has 0 radical (unpaired) electrons. The van der Waals surface area contributed by atoms with E-state index in [0.717, 1.165) is 11.1 Å². The fourth-order valence-corrected chi connectivity index (χ4v) is 10.7. The van der Waals surface area contributed by atoms with Gasteiger partial charge in [0.05, 0.1) is 0 Å². The van der Waals surface area contributed by atoms with Gasteiger partial charge in [-0.1, -0.05) is 50.3 Å². The van der Waals surface area contributed by atoms with Crippen molar-refractivity contribution < 1.29 is 4.43 Å². The lowest BCUT2D eigenvalue weighted by molar-refractivity contribution is 0.378. The molecule has 0 atom stereocenters. The quantitative estimate of drug-likeness (QED) is 0.437. The van der Waals surface area contributed by atoms with Crippen LogP contribution in [0.15, 0.2) is 0 Å². The van der Waals surface area contributed by atoms with Crippen LogP contribution in [-0.4, -0.2) is 19.5 Å². The van der Waals surface area contributed by atoms with Gasteiger partial charge in [-0.05, 0) is 11.1 Å². The zero-order chi connectivity index (χ0) is 9.07. The Labute approximate surface area is 85.2 Å². The molecule has 0 aliphatic carbocycles. The van der Waals surface area contributed by atoms with Crippen molar-refractivity contribution >= 4 is 30.9 Å². The second-order valence-corrected chi connectivity index (χ2v) is 10.8. The maximum Gasteiger partial charge on any atom is 0.206 e. The topological polar surface area (TPSA) is 9.23 Å². The van der Waals surface area contributed by atoms with Crippen molar-refractivity contribution in [2.45, 2.75) is 38.8 Å². The van der Waals surface area contributed by atoms with Crippen molar-refractivity contribution in [3.05, 3.63) is 0 Å². The van der Waals surface area contributed by atoms with E-state index in [9.17, 15) is 0 Å². The van der Waals surface area contributed by atoms with Crippen molar-refractivity contribution in [2.75, 3.05) is 11.2 Å². The first kappa shape index (κ1) is 11.9. The van der Waals surface area contributed by atoms with Crippen LogP contribution >= 0.6 is 22.6 Å². The predicted molar refractivity (Wildman–Crippen MR) is 61.8 cm³/mol. The van der Waals surface area contributed by atoms with Crippen LogP contribution in [0.5, 0.6) is 0 Å². The van der Waals surface area contributed by atoms with Crippen LogP contribution in [0.3, 0.4) is 0 Å². The second kappa shape index (κ2) is 4.82. The van der Waals surface area contributed by atoms with Crippen LogP contribution < -0.4 is 0 Å². The summed E-state index contributed by atoms with van der Waals surface area (Å²) in [7, 11) is 0.468. The minimum absolute atomic E-state index is 0.726. The fraction of sp³-hybridized carbons (Fsp3) is 1.00. The van der Waals surface area contributed by atoms with E-state index in [1.54, 1.807) is 0 Å². The Balaban J connectivity index is 4.46. The van der Waals surface area contributed by atoms with Gasteiger partial charge in [0.2, 0.25) is 8.32 Å². The summed E-state index contributed by atoms with van der Waals surface area (Å²) in [4.78, 5) is 0. The number of alkyl halides is 1. The highest BCUT2D eigenvalue weighted by Crippen LogP contribution is 2.34. The zero-order valence-electron chi connectivity index (χ0n) is 8.15. The van der Waals surface area contributed by atoms with Crippen LogP contribution in [0.2, 0.25) is 11.1 Å². The molecular weight excluding hydrogens is 267 g/mol. The minimum Gasteiger partial charge on any atom is -0.419 e. The summed E-state index contributed by atoms with van der Waals surface area (Å²) in [5, 5.41) is 0. The van der Waals surface area contributed by atoms with E-state index >= 15 is 0 Å². The first-order valence-corrected chi connectivity index (χ1v) is 7.92. The first-order chi connectivity index (χ1) is 5.01. The normalized spacial score (nSPS) is 13.1. The summed E-state index contributed by atoms with van der Waals surface area (Å²) in [6.45, 7) is 9.14. The lowest BCUT2D eigenvalue weighted by Crippen LogP contribution is -2.46. The molecule has 0 saturated carbocycles. The third-order valence-corrected chi connectivity index (χ3v) is 11.2. The van der Waals surface area contributed by atoms with Gasteiger partial charge in [-0.15, -0.1) is 0 Å². The van der Waals surface area contributed by atoms with Gasteiger partial charge in [0, 0.05) is 11.2 Å². The van der Waals surface area contributed by atoms with E-state index < -0.39 is 8.32 Å². The predicted octanol–water partition coefficient (Wildman–Crippen LogP) is 3.37. The lowest BCUT2D eigenvalue weighted by atomic mass is 10.5. The molecule has 0 amide bonds. The lowest BCUT2D eigenvalue weighted by Gasteiger charge is -2.35. The van der Waals surface area contributed by atoms with Gasteiger partial charge in [0.25, 0.3) is 0 Å². The molecule has 1 nitrogen and oxygen atoms in total.